The van der Waals surface area contributed by atoms with Gasteiger partial charge in [0.25, 0.3) is 34.1 Å². The van der Waals surface area contributed by atoms with Gasteiger partial charge in [-0.2, -0.15) is 7.82 Å². The fourth-order valence-electron chi connectivity index (χ4n) is 13.1. The predicted octanol–water partition coefficient (Wildman–Crippen LogP) is 14.9. The average Bonchev–Trinajstić information content (AvgIpc) is 0.757. The fourth-order valence-corrected chi connectivity index (χ4v) is 25.5. The molecule has 12 aromatic carbocycles. The molecule has 0 aliphatic carbocycles. The number of non-ortho nitro benzene ring substituents is 6. The largest absolute Gasteiger partial charge is 0.822 e. The number of nitrogens with zero attached hydrogens (tertiary/aromatic N) is 6. The van der Waals surface area contributed by atoms with Crippen LogP contribution in [0.4, 0.5) is 34.1 Å². The van der Waals surface area contributed by atoms with E-state index in [0.29, 0.717) is 35.2 Å². The van der Waals surface area contributed by atoms with Crippen molar-refractivity contribution in [3.05, 3.63) is 400 Å². The SMILES string of the molecule is Cc1ccc([P+](Cc2cc([N+](=O)[O-])cc([N+](=O)[O-])c2)(c2ccc(C)cc2)c2ccc(C)cc2)cc1.Cc1ccc([P+](Cc2cc([N+](=O)[O-])cc([N+](=O)[O-])c2)(c2ccc(C)cc2)c2ccc(C)cc2)cc1.Cc1ccc([P+](Cc2cc([N+](=O)[O-])cc([N+](=O)[O-])c2)(c2ccc(C)cc2)c2ccc(C)cc2)cc1.O=P([O-])([O-])[O-]. The number of aryl methyl sites for hydroxylation is 9. The molecule has 110 heavy (non-hydrogen) atoms. The topological polar surface area (TPSA) is 345 Å². The fraction of sp³-hybridized carbons (Fsp3) is 0.143. The second-order valence-electron chi connectivity index (χ2n) is 27.0. The Labute approximate surface area is 638 Å². The van der Waals surface area contributed by atoms with Gasteiger partial charge >= 0.3 is 0 Å². The van der Waals surface area contributed by atoms with Crippen molar-refractivity contribution >= 4 is 111 Å². The highest BCUT2D eigenvalue weighted by Gasteiger charge is 2.49. The van der Waals surface area contributed by atoms with Gasteiger partial charge in [-0.1, -0.05) is 159 Å². The van der Waals surface area contributed by atoms with E-state index in [2.05, 4.69) is 218 Å². The standard InChI is InChI=1S/3C28H26N2O4P.H3O4P/c3*1-20-4-10-26(11-5-20)35(27-12-6-21(2)7-13-27,28-14-8-22(3)9-15-28)19-23-16-24(29(31)32)18-25(17-23)30(33)34;1-5(2,3)4/h3*4-18H,19H2,1-3H3;(H3,1,2,3,4)/q3*+1;/p-3. The van der Waals surface area contributed by atoms with Crippen LogP contribution in [0.5, 0.6) is 0 Å². The van der Waals surface area contributed by atoms with Crippen LogP contribution >= 0.6 is 29.6 Å². The number of nitro benzene ring substituents is 6. The Hall–Kier alpha value is -11.6. The van der Waals surface area contributed by atoms with E-state index >= 15 is 0 Å². The Bertz CT molecular complexity index is 4430. The minimum Gasteiger partial charge on any atom is -0.822 e. The molecule has 0 saturated carbocycles. The molecule has 560 valence electrons. The van der Waals surface area contributed by atoms with Gasteiger partial charge in [0.05, 0.1) is 66.2 Å². The summed E-state index contributed by atoms with van der Waals surface area (Å²) in [6.07, 6.45) is 1.26. The summed E-state index contributed by atoms with van der Waals surface area (Å²) in [5, 5.41) is 79.7. The van der Waals surface area contributed by atoms with Crippen LogP contribution in [0.25, 0.3) is 0 Å². The van der Waals surface area contributed by atoms with E-state index in [1.54, 1.807) is 0 Å². The van der Waals surface area contributed by atoms with Crippen molar-refractivity contribution in [2.45, 2.75) is 80.8 Å². The summed E-state index contributed by atoms with van der Waals surface area (Å²) < 4.78 is 8.55. The monoisotopic (exact) mass is 1550 g/mol. The van der Waals surface area contributed by atoms with Crippen molar-refractivity contribution < 1.29 is 48.8 Å². The van der Waals surface area contributed by atoms with Crippen LogP contribution in [0.15, 0.2) is 273 Å². The Morgan fingerprint density at radius 3 is 0.409 bits per heavy atom. The number of hydrogen-bond acceptors (Lipinski definition) is 16. The van der Waals surface area contributed by atoms with Crippen LogP contribution in [0.3, 0.4) is 0 Å². The van der Waals surface area contributed by atoms with E-state index in [9.17, 15) is 60.7 Å². The quantitative estimate of drug-likeness (QED) is 0.0366. The van der Waals surface area contributed by atoms with Crippen molar-refractivity contribution in [1.29, 1.82) is 0 Å². The van der Waals surface area contributed by atoms with Gasteiger partial charge in [0.1, 0.15) is 69.5 Å². The molecule has 0 spiro atoms. The summed E-state index contributed by atoms with van der Waals surface area (Å²) in [7, 11) is -12.5. The molecule has 12 rings (SSSR count). The molecule has 0 aliphatic heterocycles. The van der Waals surface area contributed by atoms with E-state index in [-0.39, 0.29) is 34.1 Å². The molecule has 12 aromatic rings. The molecular weight excluding hydrogens is 1470 g/mol. The van der Waals surface area contributed by atoms with Crippen LogP contribution in [0, 0.1) is 123 Å². The third-order valence-electron chi connectivity index (χ3n) is 18.7. The van der Waals surface area contributed by atoms with Crippen molar-refractivity contribution in [3.63, 3.8) is 0 Å². The molecule has 0 aliphatic rings. The molecule has 0 saturated heterocycles. The van der Waals surface area contributed by atoms with Crippen LogP contribution in [-0.4, -0.2) is 29.5 Å². The molecular formula is C84H78N6O16P4. The van der Waals surface area contributed by atoms with E-state index in [1.807, 2.05) is 62.3 Å². The van der Waals surface area contributed by atoms with Crippen molar-refractivity contribution in [1.82, 2.24) is 0 Å². The van der Waals surface area contributed by atoms with Crippen LogP contribution in [0.1, 0.15) is 66.8 Å². The van der Waals surface area contributed by atoms with Crippen LogP contribution in [0.2, 0.25) is 0 Å². The van der Waals surface area contributed by atoms with Gasteiger partial charge in [-0.25, -0.2) is 0 Å². The van der Waals surface area contributed by atoms with Gasteiger partial charge < -0.3 is 19.2 Å². The first-order valence-corrected chi connectivity index (χ1v) is 41.8. The summed E-state index contributed by atoms with van der Waals surface area (Å²) in [6, 6.07) is 87.3. The minimum absolute atomic E-state index is 0.274. The molecule has 0 radical (unpaired) electrons. The number of benzene rings is 12. The molecule has 0 bridgehead atoms. The number of phosphoric acid groups is 1. The molecule has 26 heteroatoms. The lowest BCUT2D eigenvalue weighted by molar-refractivity contribution is -0.432. The van der Waals surface area contributed by atoms with Gasteiger partial charge in [-0.3, -0.25) is 60.7 Å². The Balaban J connectivity index is 0.000000184. The Morgan fingerprint density at radius 1 is 0.218 bits per heavy atom. The molecule has 0 heterocycles. The first-order chi connectivity index (χ1) is 52.1. The van der Waals surface area contributed by atoms with E-state index in [4.69, 9.17) is 19.2 Å². The summed E-state index contributed by atoms with van der Waals surface area (Å²) in [5.41, 5.74) is 10.2. The van der Waals surface area contributed by atoms with Gasteiger partial charge in [-0.15, -0.1) is 0 Å². The maximum Gasteiger partial charge on any atom is 0.276 e. The zero-order valence-corrected chi connectivity index (χ0v) is 65.2. The van der Waals surface area contributed by atoms with Gasteiger partial charge in [0.2, 0.25) is 0 Å². The highest BCUT2D eigenvalue weighted by molar-refractivity contribution is 7.96. The minimum atomic E-state index is -5.39. The first-order valence-electron chi connectivity index (χ1n) is 34.4. The summed E-state index contributed by atoms with van der Waals surface area (Å²) in [5.74, 6) is 0. The number of rotatable bonds is 21. The maximum absolute atomic E-state index is 11.6. The first kappa shape index (κ1) is 82.5. The van der Waals surface area contributed by atoms with Crippen molar-refractivity contribution in [2.75, 3.05) is 0 Å². The predicted molar refractivity (Wildman–Crippen MR) is 436 cm³/mol. The summed E-state index contributed by atoms with van der Waals surface area (Å²) in [6.45, 7) is 18.3. The number of hydrogen-bond donors (Lipinski definition) is 0. The second-order valence-corrected chi connectivity index (χ2v) is 38.3. The van der Waals surface area contributed by atoms with E-state index in [0.717, 1.165) is 116 Å². The molecule has 22 nitrogen and oxygen atoms in total. The zero-order chi connectivity index (χ0) is 80.0. The Morgan fingerprint density at radius 2 is 0.318 bits per heavy atom. The molecule has 0 unspecified atom stereocenters. The van der Waals surface area contributed by atoms with Gasteiger partial charge in [-0.05, 0) is 172 Å². The summed E-state index contributed by atoms with van der Waals surface area (Å²) >= 11 is 0. The lowest BCUT2D eigenvalue weighted by Crippen LogP contribution is -2.32. The molecule has 0 N–H and O–H groups in total. The second kappa shape index (κ2) is 35.6. The van der Waals surface area contributed by atoms with Crippen LogP contribution in [-0.2, 0) is 23.1 Å². The van der Waals surface area contributed by atoms with E-state index in [1.165, 1.54) is 36.4 Å². The van der Waals surface area contributed by atoms with Crippen molar-refractivity contribution in [2.24, 2.45) is 0 Å². The zero-order valence-electron chi connectivity index (χ0n) is 61.6. The average molecular weight is 1550 g/mol. The number of nitro groups is 6. The molecule has 0 amide bonds. The normalized spacial score (nSPS) is 11.3. The third-order valence-corrected chi connectivity index (χ3v) is 31.8. The maximum atomic E-state index is 11.6. The molecule has 0 aromatic heterocycles. The highest BCUT2D eigenvalue weighted by Crippen LogP contribution is 2.61. The molecule has 0 fully saturated rings. The van der Waals surface area contributed by atoms with Crippen LogP contribution < -0.4 is 62.4 Å². The van der Waals surface area contributed by atoms with Gasteiger partial charge in [0.15, 0.2) is 0 Å². The third kappa shape index (κ3) is 20.4. The lowest BCUT2D eigenvalue weighted by atomic mass is 10.2. The Kier molecular flexibility index (Phi) is 26.7. The highest BCUT2D eigenvalue weighted by atomic mass is 31.2. The summed E-state index contributed by atoms with van der Waals surface area (Å²) in [4.78, 5) is 91.9. The smallest absolute Gasteiger partial charge is 0.276 e. The van der Waals surface area contributed by atoms with Crippen molar-refractivity contribution in [3.8, 4) is 0 Å². The van der Waals surface area contributed by atoms with Gasteiger partial charge in [0, 0.05) is 53.1 Å². The molecule has 0 atom stereocenters. The lowest BCUT2D eigenvalue weighted by Gasteiger charge is -2.36. The van der Waals surface area contributed by atoms with E-state index < -0.39 is 59.2 Å².